The van der Waals surface area contributed by atoms with Crippen LogP contribution in [-0.2, 0) is 16.1 Å². The van der Waals surface area contributed by atoms with Gasteiger partial charge in [-0.25, -0.2) is 9.59 Å². The number of piperidine rings is 1. The molecule has 4 rings (SSSR count). The number of piperazine rings is 1. The van der Waals surface area contributed by atoms with Gasteiger partial charge in [0.05, 0.1) is 11.1 Å². The van der Waals surface area contributed by atoms with Crippen molar-refractivity contribution in [3.63, 3.8) is 0 Å². The van der Waals surface area contributed by atoms with Gasteiger partial charge in [0.2, 0.25) is 5.91 Å². The second-order valence-corrected chi connectivity index (χ2v) is 10.1. The number of ether oxygens (including phenoxy) is 1. The minimum Gasteiger partial charge on any atom is -0.444 e. The number of allylic oxidation sites excluding steroid dienone is 1. The predicted molar refractivity (Wildman–Crippen MR) is 129 cm³/mol. The summed E-state index contributed by atoms with van der Waals surface area (Å²) in [7, 11) is 0. The van der Waals surface area contributed by atoms with Crippen LogP contribution in [0.15, 0.2) is 30.5 Å². The van der Waals surface area contributed by atoms with Gasteiger partial charge in [-0.05, 0) is 45.2 Å². The average Bonchev–Trinajstić information content (AvgIpc) is 3.07. The summed E-state index contributed by atoms with van der Waals surface area (Å²) >= 11 is 0. The Hall–Kier alpha value is -3.89. The van der Waals surface area contributed by atoms with Crippen molar-refractivity contribution in [3.05, 3.63) is 47.2 Å². The Balaban J connectivity index is 1.38. The highest BCUT2D eigenvalue weighted by molar-refractivity contribution is 6.23. The smallest absolute Gasteiger partial charge is 0.410 e. The minimum atomic E-state index is -0.897. The number of benzene rings is 1. The molecule has 1 unspecified atom stereocenters. The highest BCUT2D eigenvalue weighted by Gasteiger charge is 2.44. The first-order chi connectivity index (χ1) is 17.0. The Bertz CT molecular complexity index is 1130. The van der Waals surface area contributed by atoms with Crippen LogP contribution in [0.25, 0.3) is 0 Å². The van der Waals surface area contributed by atoms with Crippen molar-refractivity contribution in [2.75, 3.05) is 26.2 Å². The molecule has 1 aromatic carbocycles. The third-order valence-corrected chi connectivity index (χ3v) is 6.32. The number of carbonyl (C=O) groups excluding carboxylic acids is 5. The van der Waals surface area contributed by atoms with E-state index in [9.17, 15) is 24.0 Å². The molecule has 36 heavy (non-hydrogen) atoms. The van der Waals surface area contributed by atoms with Gasteiger partial charge in [0.1, 0.15) is 11.6 Å². The van der Waals surface area contributed by atoms with Crippen molar-refractivity contribution in [2.24, 2.45) is 0 Å². The topological polar surface area (TPSA) is 128 Å². The van der Waals surface area contributed by atoms with Gasteiger partial charge in [-0.3, -0.25) is 19.3 Å². The van der Waals surface area contributed by atoms with E-state index in [-0.39, 0.29) is 23.7 Å². The molecule has 11 nitrogen and oxygen atoms in total. The maximum absolute atomic E-state index is 13.2. The fourth-order valence-electron chi connectivity index (χ4n) is 4.51. The molecule has 0 aromatic heterocycles. The molecule has 3 aliphatic heterocycles. The number of amides is 6. The Kier molecular flexibility index (Phi) is 6.75. The van der Waals surface area contributed by atoms with Crippen molar-refractivity contribution in [3.8, 4) is 0 Å². The Labute approximate surface area is 209 Å². The van der Waals surface area contributed by atoms with E-state index in [1.807, 2.05) is 0 Å². The summed E-state index contributed by atoms with van der Waals surface area (Å²) in [6, 6.07) is 3.65. The van der Waals surface area contributed by atoms with Crippen LogP contribution in [0.5, 0.6) is 0 Å². The molecule has 2 saturated heterocycles. The molecule has 0 spiro atoms. The molecule has 6 amide bonds. The fraction of sp³-hybridized carbons (Fsp3) is 0.480. The van der Waals surface area contributed by atoms with Crippen LogP contribution in [0.4, 0.5) is 9.59 Å². The van der Waals surface area contributed by atoms with Gasteiger partial charge in [0.25, 0.3) is 11.8 Å². The number of rotatable bonds is 3. The van der Waals surface area contributed by atoms with Crippen LogP contribution in [-0.4, -0.2) is 82.4 Å². The van der Waals surface area contributed by atoms with Gasteiger partial charge in [0.15, 0.2) is 0 Å². The number of hydrogen-bond acceptors (Lipinski definition) is 6. The zero-order valence-electron chi connectivity index (χ0n) is 20.8. The van der Waals surface area contributed by atoms with E-state index in [1.54, 1.807) is 48.8 Å². The van der Waals surface area contributed by atoms with Gasteiger partial charge in [-0.1, -0.05) is 18.7 Å². The van der Waals surface area contributed by atoms with Crippen LogP contribution >= 0.6 is 0 Å². The van der Waals surface area contributed by atoms with Crippen molar-refractivity contribution in [1.82, 2.24) is 25.3 Å². The molecule has 192 valence electrons. The largest absolute Gasteiger partial charge is 0.444 e. The molecule has 3 aliphatic rings. The molecule has 0 radical (unpaired) electrons. The van der Waals surface area contributed by atoms with Crippen molar-refractivity contribution >= 4 is 29.8 Å². The number of carbonyl (C=O) groups is 5. The standard InChI is InChI=1S/C25H31N5O6/c1-15-8-9-18(20(31)27-15)30-21(32)17-7-5-6-16(19(17)22(30)33)14-26-23(34)28-10-12-29(13-11-28)24(35)36-25(2,3)4/h5-7,18H,1,8-14H2,2-4H3,(H,26,34)(H,27,31). The number of nitrogens with zero attached hydrogens (tertiary/aromatic N) is 3. The van der Waals surface area contributed by atoms with Crippen LogP contribution in [0.1, 0.15) is 59.9 Å². The van der Waals surface area contributed by atoms with Crippen molar-refractivity contribution in [2.45, 2.75) is 51.8 Å². The van der Waals surface area contributed by atoms with E-state index in [0.717, 1.165) is 4.90 Å². The summed E-state index contributed by atoms with van der Waals surface area (Å²) in [4.78, 5) is 67.8. The van der Waals surface area contributed by atoms with E-state index in [2.05, 4.69) is 17.2 Å². The number of urea groups is 1. The second-order valence-electron chi connectivity index (χ2n) is 10.1. The summed E-state index contributed by atoms with van der Waals surface area (Å²) in [6.45, 7) is 10.5. The number of hydrogen-bond donors (Lipinski definition) is 2. The lowest BCUT2D eigenvalue weighted by molar-refractivity contribution is -0.125. The van der Waals surface area contributed by atoms with E-state index >= 15 is 0 Å². The molecule has 0 saturated carbocycles. The quantitative estimate of drug-likeness (QED) is 0.614. The van der Waals surface area contributed by atoms with Gasteiger partial charge >= 0.3 is 12.1 Å². The lowest BCUT2D eigenvalue weighted by atomic mass is 10.0. The van der Waals surface area contributed by atoms with Crippen LogP contribution < -0.4 is 10.6 Å². The predicted octanol–water partition coefficient (Wildman–Crippen LogP) is 1.84. The van der Waals surface area contributed by atoms with Crippen LogP contribution in [0, 0.1) is 0 Å². The minimum absolute atomic E-state index is 0.0365. The molecule has 0 bridgehead atoms. The fourth-order valence-corrected chi connectivity index (χ4v) is 4.51. The first-order valence-corrected chi connectivity index (χ1v) is 12.0. The second kappa shape index (κ2) is 9.63. The maximum atomic E-state index is 13.2. The molecule has 1 atom stereocenters. The molecule has 1 aromatic rings. The SMILES string of the molecule is C=C1CCC(N2C(=O)c3cccc(CNC(=O)N4CCN(C(=O)OC(C)(C)C)CC4)c3C2=O)C(=O)N1. The summed E-state index contributed by atoms with van der Waals surface area (Å²) in [5.41, 5.74) is 0.883. The molecule has 2 N–H and O–H groups in total. The number of nitrogens with one attached hydrogen (secondary N) is 2. The Morgan fingerprint density at radius 2 is 1.75 bits per heavy atom. The normalized spacial score (nSPS) is 20.3. The summed E-state index contributed by atoms with van der Waals surface area (Å²) in [5, 5.41) is 5.42. The maximum Gasteiger partial charge on any atom is 0.410 e. The van der Waals surface area contributed by atoms with Gasteiger partial charge in [0, 0.05) is 38.4 Å². The van der Waals surface area contributed by atoms with Crippen molar-refractivity contribution < 1.29 is 28.7 Å². The zero-order valence-corrected chi connectivity index (χ0v) is 20.8. The van der Waals surface area contributed by atoms with E-state index in [1.165, 1.54) is 0 Å². The van der Waals surface area contributed by atoms with E-state index < -0.39 is 35.5 Å². The number of fused-ring (bicyclic) bond motifs is 1. The summed E-state index contributed by atoms with van der Waals surface area (Å²) in [5.74, 6) is -1.49. The molecule has 11 heteroatoms. The summed E-state index contributed by atoms with van der Waals surface area (Å²) < 4.78 is 5.38. The highest BCUT2D eigenvalue weighted by Crippen LogP contribution is 2.30. The van der Waals surface area contributed by atoms with Crippen molar-refractivity contribution in [1.29, 1.82) is 0 Å². The molecule has 2 fully saturated rings. The van der Waals surface area contributed by atoms with E-state index in [4.69, 9.17) is 4.74 Å². The molecular formula is C25H31N5O6. The third-order valence-electron chi connectivity index (χ3n) is 6.32. The first kappa shape index (κ1) is 25.2. The zero-order chi connectivity index (χ0) is 26.2. The van der Waals surface area contributed by atoms with E-state index in [0.29, 0.717) is 50.3 Å². The monoisotopic (exact) mass is 497 g/mol. The molecule has 3 heterocycles. The number of imide groups is 1. The Morgan fingerprint density at radius 1 is 1.08 bits per heavy atom. The average molecular weight is 498 g/mol. The van der Waals surface area contributed by atoms with Gasteiger partial charge in [-0.2, -0.15) is 0 Å². The first-order valence-electron chi connectivity index (χ1n) is 12.0. The lowest BCUT2D eigenvalue weighted by Crippen LogP contribution is -2.53. The van der Waals surface area contributed by atoms with Crippen LogP contribution in [0.2, 0.25) is 0 Å². The third kappa shape index (κ3) is 5.05. The van der Waals surface area contributed by atoms with Gasteiger partial charge in [-0.15, -0.1) is 0 Å². The Morgan fingerprint density at radius 3 is 2.39 bits per heavy atom. The van der Waals surface area contributed by atoms with Gasteiger partial charge < -0.3 is 25.2 Å². The molecular weight excluding hydrogens is 466 g/mol. The highest BCUT2D eigenvalue weighted by atomic mass is 16.6. The van der Waals surface area contributed by atoms with Crippen LogP contribution in [0.3, 0.4) is 0 Å². The summed E-state index contributed by atoms with van der Waals surface area (Å²) in [6.07, 6.45) is 0.386. The molecule has 0 aliphatic carbocycles. The lowest BCUT2D eigenvalue weighted by Gasteiger charge is -2.35.